The van der Waals surface area contributed by atoms with E-state index in [4.69, 9.17) is 4.52 Å². The van der Waals surface area contributed by atoms with Gasteiger partial charge < -0.3 is 14.7 Å². The first-order chi connectivity index (χ1) is 12.8. The van der Waals surface area contributed by atoms with Crippen LogP contribution >= 0.6 is 0 Å². The Hall–Kier alpha value is -1.81. The van der Waals surface area contributed by atoms with Crippen LogP contribution in [0.25, 0.3) is 0 Å². The van der Waals surface area contributed by atoms with E-state index in [0.717, 1.165) is 56.7 Å². The summed E-state index contributed by atoms with van der Waals surface area (Å²) in [6, 6.07) is 1.94. The number of aliphatic imine (C=N–C) groups is 1. The van der Waals surface area contributed by atoms with E-state index in [0.29, 0.717) is 6.54 Å². The number of aromatic nitrogens is 1. The molecule has 1 aliphatic rings. The minimum absolute atomic E-state index is 0.264. The number of nitrogens with zero attached hydrogens (tertiary/aromatic N) is 5. The van der Waals surface area contributed by atoms with Crippen molar-refractivity contribution in [2.24, 2.45) is 4.99 Å². The Bertz CT molecular complexity index is 596. The third-order valence-electron chi connectivity index (χ3n) is 4.26. The number of nitrogens with one attached hydrogen (secondary N) is 1. The molecule has 0 bridgehead atoms. The SMILES string of the molecule is CCNC(=NCCN(C)CC(F)(F)F)N1CCN(Cc2cc(C)on2)CC1. The Morgan fingerprint density at radius 2 is 2.04 bits per heavy atom. The van der Waals surface area contributed by atoms with Crippen LogP contribution in [0.3, 0.4) is 0 Å². The number of piperazine rings is 1. The molecule has 1 N–H and O–H groups in total. The molecule has 154 valence electrons. The molecule has 1 fully saturated rings. The highest BCUT2D eigenvalue weighted by molar-refractivity contribution is 5.80. The van der Waals surface area contributed by atoms with Crippen LogP contribution in [0.5, 0.6) is 0 Å². The van der Waals surface area contributed by atoms with E-state index >= 15 is 0 Å². The van der Waals surface area contributed by atoms with Crippen molar-refractivity contribution in [1.82, 2.24) is 25.2 Å². The molecule has 10 heteroatoms. The maximum absolute atomic E-state index is 12.4. The standard InChI is InChI=1S/C17H29F3N6O/c1-4-21-16(22-5-6-24(3)13-17(18,19)20)26-9-7-25(8-10-26)12-15-11-14(2)27-23-15/h11H,4-10,12-13H2,1-3H3,(H,21,22). The van der Waals surface area contributed by atoms with Crippen molar-refractivity contribution in [2.75, 3.05) is 59.4 Å². The molecule has 0 amide bonds. The molecule has 0 saturated carbocycles. The highest BCUT2D eigenvalue weighted by Crippen LogP contribution is 2.15. The lowest BCUT2D eigenvalue weighted by molar-refractivity contribution is -0.142. The van der Waals surface area contributed by atoms with Gasteiger partial charge in [-0.25, -0.2) is 0 Å². The maximum Gasteiger partial charge on any atom is 0.401 e. The molecule has 0 aromatic carbocycles. The van der Waals surface area contributed by atoms with E-state index in [1.54, 1.807) is 0 Å². The second-order valence-corrected chi connectivity index (χ2v) is 6.78. The molecule has 0 radical (unpaired) electrons. The van der Waals surface area contributed by atoms with Crippen LogP contribution in [0.2, 0.25) is 0 Å². The topological polar surface area (TPSA) is 60.1 Å². The largest absolute Gasteiger partial charge is 0.401 e. The number of aryl methyl sites for hydroxylation is 1. The number of guanidine groups is 1. The van der Waals surface area contributed by atoms with Gasteiger partial charge in [-0.2, -0.15) is 13.2 Å². The van der Waals surface area contributed by atoms with Crippen molar-refractivity contribution in [3.63, 3.8) is 0 Å². The summed E-state index contributed by atoms with van der Waals surface area (Å²) in [5.74, 6) is 1.57. The van der Waals surface area contributed by atoms with Crippen molar-refractivity contribution in [1.29, 1.82) is 0 Å². The average molecular weight is 390 g/mol. The zero-order valence-electron chi connectivity index (χ0n) is 16.2. The molecule has 1 aromatic rings. The highest BCUT2D eigenvalue weighted by Gasteiger charge is 2.29. The van der Waals surface area contributed by atoms with Crippen LogP contribution in [-0.2, 0) is 6.54 Å². The number of hydrogen-bond acceptors (Lipinski definition) is 5. The third-order valence-corrected chi connectivity index (χ3v) is 4.26. The molecule has 27 heavy (non-hydrogen) atoms. The first-order valence-electron chi connectivity index (χ1n) is 9.20. The molecule has 7 nitrogen and oxygen atoms in total. The summed E-state index contributed by atoms with van der Waals surface area (Å²) in [5, 5.41) is 7.26. The van der Waals surface area contributed by atoms with Gasteiger partial charge in [-0.15, -0.1) is 0 Å². The Kier molecular flexibility index (Phi) is 7.91. The van der Waals surface area contributed by atoms with Gasteiger partial charge in [0.1, 0.15) is 5.76 Å². The number of alkyl halides is 3. The summed E-state index contributed by atoms with van der Waals surface area (Å²) < 4.78 is 42.3. The van der Waals surface area contributed by atoms with Crippen molar-refractivity contribution in [2.45, 2.75) is 26.6 Å². The molecule has 1 aliphatic heterocycles. The van der Waals surface area contributed by atoms with E-state index in [-0.39, 0.29) is 6.54 Å². The van der Waals surface area contributed by atoms with Gasteiger partial charge in [0, 0.05) is 51.9 Å². The van der Waals surface area contributed by atoms with Gasteiger partial charge in [0.15, 0.2) is 5.96 Å². The highest BCUT2D eigenvalue weighted by atomic mass is 19.4. The van der Waals surface area contributed by atoms with Crippen LogP contribution in [0.1, 0.15) is 18.4 Å². The molecule has 0 atom stereocenters. The van der Waals surface area contributed by atoms with Crippen molar-refractivity contribution < 1.29 is 17.7 Å². The summed E-state index contributed by atoms with van der Waals surface area (Å²) in [5.41, 5.74) is 0.925. The van der Waals surface area contributed by atoms with Crippen molar-refractivity contribution in [3.8, 4) is 0 Å². The fourth-order valence-electron chi connectivity index (χ4n) is 2.98. The zero-order chi connectivity index (χ0) is 19.9. The predicted molar refractivity (Wildman–Crippen MR) is 97.6 cm³/mol. The monoisotopic (exact) mass is 390 g/mol. The zero-order valence-corrected chi connectivity index (χ0v) is 16.2. The fraction of sp³-hybridized carbons (Fsp3) is 0.765. The lowest BCUT2D eigenvalue weighted by Gasteiger charge is -2.36. The minimum atomic E-state index is -4.18. The number of rotatable bonds is 7. The molecule has 0 aliphatic carbocycles. The van der Waals surface area contributed by atoms with Crippen molar-refractivity contribution in [3.05, 3.63) is 17.5 Å². The Balaban J connectivity index is 1.80. The first-order valence-corrected chi connectivity index (χ1v) is 9.20. The van der Waals surface area contributed by atoms with Gasteiger partial charge in [-0.05, 0) is 20.9 Å². The molecular weight excluding hydrogens is 361 g/mol. The molecule has 0 unspecified atom stereocenters. The van der Waals surface area contributed by atoms with Crippen LogP contribution in [0, 0.1) is 6.92 Å². The summed E-state index contributed by atoms with van der Waals surface area (Å²) in [6.45, 7) is 8.34. The predicted octanol–water partition coefficient (Wildman–Crippen LogP) is 1.56. The van der Waals surface area contributed by atoms with Crippen molar-refractivity contribution >= 4 is 5.96 Å². The first kappa shape index (κ1) is 21.5. The molecule has 0 spiro atoms. The van der Waals surface area contributed by atoms with Crippen LogP contribution in [0.15, 0.2) is 15.6 Å². The Morgan fingerprint density at radius 3 is 2.59 bits per heavy atom. The number of halogens is 3. The van der Waals surface area contributed by atoms with E-state index in [1.807, 2.05) is 19.9 Å². The van der Waals surface area contributed by atoms with Gasteiger partial charge in [0.25, 0.3) is 0 Å². The Labute approximate surface area is 158 Å². The third kappa shape index (κ3) is 7.76. The van der Waals surface area contributed by atoms with Crippen LogP contribution in [-0.4, -0.2) is 91.4 Å². The minimum Gasteiger partial charge on any atom is -0.361 e. The van der Waals surface area contributed by atoms with Crippen LogP contribution < -0.4 is 5.32 Å². The van der Waals surface area contributed by atoms with Gasteiger partial charge in [-0.1, -0.05) is 5.16 Å². The average Bonchev–Trinajstić information content (AvgIpc) is 2.98. The van der Waals surface area contributed by atoms with Gasteiger partial charge in [0.2, 0.25) is 0 Å². The number of hydrogen-bond donors (Lipinski definition) is 1. The lowest BCUT2D eigenvalue weighted by Crippen LogP contribution is -2.52. The Morgan fingerprint density at radius 1 is 1.33 bits per heavy atom. The maximum atomic E-state index is 12.4. The van der Waals surface area contributed by atoms with E-state index in [9.17, 15) is 13.2 Å². The van der Waals surface area contributed by atoms with E-state index in [1.165, 1.54) is 11.9 Å². The normalized spacial score (nSPS) is 17.0. The fourth-order valence-corrected chi connectivity index (χ4v) is 2.98. The smallest absolute Gasteiger partial charge is 0.361 e. The van der Waals surface area contributed by atoms with Gasteiger partial charge >= 0.3 is 6.18 Å². The summed E-state index contributed by atoms with van der Waals surface area (Å²) in [4.78, 5) is 10.2. The van der Waals surface area contributed by atoms with E-state index < -0.39 is 12.7 Å². The molecule has 2 rings (SSSR count). The lowest BCUT2D eigenvalue weighted by atomic mass is 10.3. The summed E-state index contributed by atoms with van der Waals surface area (Å²) in [7, 11) is 1.46. The van der Waals surface area contributed by atoms with Gasteiger partial charge in [-0.3, -0.25) is 14.8 Å². The quantitative estimate of drug-likeness (QED) is 0.563. The second kappa shape index (κ2) is 9.93. The number of likely N-dealkylation sites (N-methyl/N-ethyl adjacent to an activating group) is 1. The molecule has 1 saturated heterocycles. The second-order valence-electron chi connectivity index (χ2n) is 6.78. The molecule has 2 heterocycles. The van der Waals surface area contributed by atoms with Crippen LogP contribution in [0.4, 0.5) is 13.2 Å². The van der Waals surface area contributed by atoms with E-state index in [2.05, 4.69) is 25.3 Å². The molecular formula is C17H29F3N6O. The van der Waals surface area contributed by atoms with Gasteiger partial charge in [0.05, 0.1) is 18.8 Å². The molecule has 1 aromatic heterocycles. The summed E-state index contributed by atoms with van der Waals surface area (Å²) >= 11 is 0. The summed E-state index contributed by atoms with van der Waals surface area (Å²) in [6.07, 6.45) is -4.18.